The highest BCUT2D eigenvalue weighted by Crippen LogP contribution is 2.39. The van der Waals surface area contributed by atoms with Gasteiger partial charge < -0.3 is 9.47 Å². The van der Waals surface area contributed by atoms with E-state index in [9.17, 15) is 0 Å². The summed E-state index contributed by atoms with van der Waals surface area (Å²) in [6, 6.07) is 8.38. The molecule has 2 fully saturated rings. The molecule has 0 radical (unpaired) electrons. The first-order valence-electron chi connectivity index (χ1n) is 7.63. The molecule has 2 nitrogen and oxygen atoms in total. The van der Waals surface area contributed by atoms with Crippen molar-refractivity contribution in [3.8, 4) is 12.3 Å². The smallest absolute Gasteiger partial charge is 0.168 e. The average molecular weight is 270 g/mol. The van der Waals surface area contributed by atoms with Crippen molar-refractivity contribution in [3.05, 3.63) is 35.4 Å². The number of hydrogen-bond donors (Lipinski definition) is 0. The predicted molar refractivity (Wildman–Crippen MR) is 79.3 cm³/mol. The first-order valence-corrected chi connectivity index (χ1v) is 7.63. The summed E-state index contributed by atoms with van der Waals surface area (Å²) in [6.45, 7) is 1.54. The Morgan fingerprint density at radius 3 is 2.35 bits per heavy atom. The van der Waals surface area contributed by atoms with Crippen LogP contribution in [0.3, 0.4) is 0 Å². The van der Waals surface area contributed by atoms with E-state index in [2.05, 4.69) is 18.1 Å². The minimum atomic E-state index is -0.217. The summed E-state index contributed by atoms with van der Waals surface area (Å²) in [5, 5.41) is 0. The Bertz CT molecular complexity index is 467. The molecule has 1 aliphatic heterocycles. The van der Waals surface area contributed by atoms with Crippen molar-refractivity contribution in [3.63, 3.8) is 0 Å². The van der Waals surface area contributed by atoms with E-state index >= 15 is 0 Å². The first kappa shape index (κ1) is 13.7. The van der Waals surface area contributed by atoms with Crippen LogP contribution in [0.25, 0.3) is 0 Å². The van der Waals surface area contributed by atoms with Gasteiger partial charge in [-0.25, -0.2) is 0 Å². The number of hydrogen-bond acceptors (Lipinski definition) is 2. The molecule has 0 amide bonds. The average Bonchev–Trinajstić information content (AvgIpc) is 2.96. The quantitative estimate of drug-likeness (QED) is 0.782. The number of rotatable bonds is 3. The van der Waals surface area contributed by atoms with Crippen LogP contribution in [-0.4, -0.2) is 19.0 Å². The van der Waals surface area contributed by atoms with Gasteiger partial charge in [-0.3, -0.25) is 0 Å². The fourth-order valence-corrected chi connectivity index (χ4v) is 3.33. The van der Waals surface area contributed by atoms with E-state index < -0.39 is 0 Å². The van der Waals surface area contributed by atoms with Crippen molar-refractivity contribution in [1.29, 1.82) is 0 Å². The zero-order valence-corrected chi connectivity index (χ0v) is 11.9. The fraction of sp³-hybridized carbons (Fsp3) is 0.556. The van der Waals surface area contributed by atoms with Crippen molar-refractivity contribution < 1.29 is 9.47 Å². The topological polar surface area (TPSA) is 18.5 Å². The van der Waals surface area contributed by atoms with Gasteiger partial charge in [0, 0.05) is 18.4 Å². The third-order valence-electron chi connectivity index (χ3n) is 4.64. The van der Waals surface area contributed by atoms with E-state index in [1.165, 1.54) is 24.8 Å². The molecule has 0 bridgehead atoms. The summed E-state index contributed by atoms with van der Waals surface area (Å²) >= 11 is 0. The summed E-state index contributed by atoms with van der Waals surface area (Å²) < 4.78 is 11.6. The second kappa shape index (κ2) is 5.99. The van der Waals surface area contributed by atoms with E-state index in [1.807, 2.05) is 12.1 Å². The van der Waals surface area contributed by atoms with Crippen LogP contribution in [0.1, 0.15) is 43.2 Å². The first-order chi connectivity index (χ1) is 9.80. The number of benzene rings is 1. The van der Waals surface area contributed by atoms with Gasteiger partial charge in [0.25, 0.3) is 0 Å². The lowest BCUT2D eigenvalue weighted by Gasteiger charge is -2.35. The van der Waals surface area contributed by atoms with Gasteiger partial charge in [-0.2, -0.15) is 0 Å². The zero-order chi connectivity index (χ0) is 13.8. The normalized spacial score (nSPS) is 21.9. The summed E-state index contributed by atoms with van der Waals surface area (Å²) in [4.78, 5) is 0. The van der Waals surface area contributed by atoms with E-state index in [0.717, 1.165) is 44.0 Å². The van der Waals surface area contributed by atoms with Gasteiger partial charge in [0.05, 0.1) is 13.2 Å². The van der Waals surface area contributed by atoms with E-state index in [-0.39, 0.29) is 5.79 Å². The van der Waals surface area contributed by atoms with Crippen molar-refractivity contribution in [2.45, 2.75) is 44.3 Å². The molecule has 1 saturated carbocycles. The van der Waals surface area contributed by atoms with E-state index in [1.54, 1.807) is 0 Å². The maximum absolute atomic E-state index is 5.78. The van der Waals surface area contributed by atoms with Crippen LogP contribution in [-0.2, 0) is 15.9 Å². The number of terminal acetylenes is 1. The number of ether oxygens (including phenoxy) is 2. The molecule has 0 atom stereocenters. The maximum atomic E-state index is 5.78. The Hall–Kier alpha value is -1.30. The van der Waals surface area contributed by atoms with Gasteiger partial charge in [0.1, 0.15) is 0 Å². The predicted octanol–water partition coefficient (Wildman–Crippen LogP) is 3.53. The third-order valence-corrected chi connectivity index (χ3v) is 4.64. The highest BCUT2D eigenvalue weighted by Gasteiger charge is 2.39. The molecular weight excluding hydrogens is 248 g/mol. The van der Waals surface area contributed by atoms with Gasteiger partial charge in [0.2, 0.25) is 0 Å². The molecular formula is C18H22O2. The SMILES string of the molecule is C#Cc1ccc(CCC2CCC3(CC2)OCCO3)cc1. The fourth-order valence-electron chi connectivity index (χ4n) is 3.33. The molecule has 1 aliphatic carbocycles. The Kier molecular flexibility index (Phi) is 4.10. The summed E-state index contributed by atoms with van der Waals surface area (Å²) in [5.74, 6) is 3.25. The molecule has 20 heavy (non-hydrogen) atoms. The van der Waals surface area contributed by atoms with Gasteiger partial charge in [-0.05, 0) is 49.3 Å². The molecule has 1 saturated heterocycles. The van der Waals surface area contributed by atoms with Crippen LogP contribution >= 0.6 is 0 Å². The van der Waals surface area contributed by atoms with Crippen LogP contribution in [0.5, 0.6) is 0 Å². The number of aryl methyl sites for hydroxylation is 1. The second-order valence-electron chi connectivity index (χ2n) is 5.93. The molecule has 1 aromatic rings. The molecule has 0 N–H and O–H groups in total. The summed E-state index contributed by atoms with van der Waals surface area (Å²) in [7, 11) is 0. The van der Waals surface area contributed by atoms with Gasteiger partial charge in [-0.15, -0.1) is 6.42 Å². The van der Waals surface area contributed by atoms with Crippen LogP contribution in [0, 0.1) is 18.3 Å². The molecule has 106 valence electrons. The van der Waals surface area contributed by atoms with Crippen LogP contribution in [0.4, 0.5) is 0 Å². The largest absolute Gasteiger partial charge is 0.348 e. The monoisotopic (exact) mass is 270 g/mol. The Balaban J connectivity index is 1.46. The molecule has 1 spiro atoms. The lowest BCUT2D eigenvalue weighted by atomic mass is 9.82. The zero-order valence-electron chi connectivity index (χ0n) is 11.9. The molecule has 1 aromatic carbocycles. The molecule has 0 aromatic heterocycles. The maximum Gasteiger partial charge on any atom is 0.168 e. The molecule has 0 unspecified atom stereocenters. The molecule has 2 heteroatoms. The second-order valence-corrected chi connectivity index (χ2v) is 5.93. The van der Waals surface area contributed by atoms with Gasteiger partial charge in [0.15, 0.2) is 5.79 Å². The van der Waals surface area contributed by atoms with Crippen LogP contribution in [0.2, 0.25) is 0 Å². The lowest BCUT2D eigenvalue weighted by molar-refractivity contribution is -0.182. The Labute approximate surface area is 121 Å². The van der Waals surface area contributed by atoms with Gasteiger partial charge >= 0.3 is 0 Å². The lowest BCUT2D eigenvalue weighted by Crippen LogP contribution is -2.35. The minimum Gasteiger partial charge on any atom is -0.348 e. The highest BCUT2D eigenvalue weighted by atomic mass is 16.7. The van der Waals surface area contributed by atoms with Crippen molar-refractivity contribution >= 4 is 0 Å². The van der Waals surface area contributed by atoms with Gasteiger partial charge in [-0.1, -0.05) is 18.1 Å². The molecule has 3 rings (SSSR count). The standard InChI is InChI=1S/C18H22O2/c1-2-15-3-5-16(6-4-15)7-8-17-9-11-18(12-10-17)19-13-14-20-18/h1,3-6,17H,7-14H2. The summed E-state index contributed by atoms with van der Waals surface area (Å²) in [5.41, 5.74) is 2.35. The minimum absolute atomic E-state index is 0.217. The van der Waals surface area contributed by atoms with Crippen LogP contribution in [0.15, 0.2) is 24.3 Å². The Morgan fingerprint density at radius 1 is 1.10 bits per heavy atom. The van der Waals surface area contributed by atoms with E-state index in [4.69, 9.17) is 15.9 Å². The van der Waals surface area contributed by atoms with Crippen LogP contribution < -0.4 is 0 Å². The highest BCUT2D eigenvalue weighted by molar-refractivity contribution is 5.34. The Morgan fingerprint density at radius 2 is 1.75 bits per heavy atom. The van der Waals surface area contributed by atoms with E-state index in [0.29, 0.717) is 0 Å². The third kappa shape index (κ3) is 3.06. The molecule has 2 aliphatic rings. The van der Waals surface area contributed by atoms with Crippen molar-refractivity contribution in [1.82, 2.24) is 0 Å². The molecule has 1 heterocycles. The van der Waals surface area contributed by atoms with Crippen molar-refractivity contribution in [2.24, 2.45) is 5.92 Å². The summed E-state index contributed by atoms with van der Waals surface area (Å²) in [6.07, 6.45) is 12.3. The van der Waals surface area contributed by atoms with Crippen molar-refractivity contribution in [2.75, 3.05) is 13.2 Å².